The van der Waals surface area contributed by atoms with Crippen molar-refractivity contribution in [3.8, 4) is 0 Å². The summed E-state index contributed by atoms with van der Waals surface area (Å²) >= 11 is 5.80. The fraction of sp³-hybridized carbons (Fsp3) is 0.455. The van der Waals surface area contributed by atoms with Crippen molar-refractivity contribution < 1.29 is 8.78 Å². The van der Waals surface area contributed by atoms with Crippen LogP contribution in [0.25, 0.3) is 0 Å². The SMILES string of the molecule is FC(F)c1c(Cl)cccc1C1CCCN1. The second-order valence-electron chi connectivity index (χ2n) is 3.69. The average molecular weight is 232 g/mol. The van der Waals surface area contributed by atoms with Crippen LogP contribution in [0, 0.1) is 0 Å². The molecular formula is C11H12ClF2N. The lowest BCUT2D eigenvalue weighted by molar-refractivity contribution is 0.149. The smallest absolute Gasteiger partial charge is 0.265 e. The van der Waals surface area contributed by atoms with Crippen molar-refractivity contribution in [2.24, 2.45) is 0 Å². The summed E-state index contributed by atoms with van der Waals surface area (Å²) in [5, 5.41) is 3.37. The maximum Gasteiger partial charge on any atom is 0.265 e. The minimum absolute atomic E-state index is 0.0152. The van der Waals surface area contributed by atoms with Gasteiger partial charge in [-0.2, -0.15) is 0 Å². The molecule has 1 fully saturated rings. The summed E-state index contributed by atoms with van der Waals surface area (Å²) in [5.74, 6) is 0. The molecule has 15 heavy (non-hydrogen) atoms. The highest BCUT2D eigenvalue weighted by molar-refractivity contribution is 6.31. The van der Waals surface area contributed by atoms with E-state index in [1.165, 1.54) is 6.07 Å². The summed E-state index contributed by atoms with van der Waals surface area (Å²) in [5.41, 5.74) is 0.633. The van der Waals surface area contributed by atoms with Crippen LogP contribution >= 0.6 is 11.6 Å². The van der Waals surface area contributed by atoms with Gasteiger partial charge < -0.3 is 5.32 Å². The van der Waals surface area contributed by atoms with E-state index < -0.39 is 6.43 Å². The van der Waals surface area contributed by atoms with Crippen LogP contribution in [-0.2, 0) is 0 Å². The maximum absolute atomic E-state index is 12.8. The Morgan fingerprint density at radius 1 is 1.40 bits per heavy atom. The second-order valence-corrected chi connectivity index (χ2v) is 4.10. The highest BCUT2D eigenvalue weighted by Gasteiger charge is 2.24. The normalized spacial score (nSPS) is 21.2. The van der Waals surface area contributed by atoms with E-state index in [0.29, 0.717) is 5.56 Å². The standard InChI is InChI=1S/C11H12ClF2N/c12-8-4-1-3-7(10(8)11(13)14)9-5-2-6-15-9/h1,3-4,9,11,15H,2,5-6H2. The summed E-state index contributed by atoms with van der Waals surface area (Å²) in [6.07, 6.45) is -0.573. The van der Waals surface area contributed by atoms with Gasteiger partial charge in [0.1, 0.15) is 0 Å². The fourth-order valence-corrected chi connectivity index (χ4v) is 2.30. The van der Waals surface area contributed by atoms with Gasteiger partial charge in [-0.15, -0.1) is 0 Å². The summed E-state index contributed by atoms with van der Waals surface area (Å²) in [4.78, 5) is 0. The molecule has 1 unspecified atom stereocenters. The molecule has 1 saturated heterocycles. The van der Waals surface area contributed by atoms with Gasteiger partial charge in [0.2, 0.25) is 0 Å². The van der Waals surface area contributed by atoms with Crippen molar-refractivity contribution in [1.29, 1.82) is 0 Å². The molecule has 0 amide bonds. The lowest BCUT2D eigenvalue weighted by atomic mass is 9.99. The molecule has 0 aromatic heterocycles. The molecule has 1 aromatic rings. The Morgan fingerprint density at radius 3 is 2.80 bits per heavy atom. The first kappa shape index (κ1) is 10.8. The Labute approximate surface area is 92.4 Å². The van der Waals surface area contributed by atoms with Gasteiger partial charge in [0.05, 0.1) is 0 Å². The highest BCUT2D eigenvalue weighted by atomic mass is 35.5. The summed E-state index contributed by atoms with van der Waals surface area (Å²) < 4.78 is 25.7. The first-order chi connectivity index (χ1) is 7.20. The molecule has 1 atom stereocenters. The van der Waals surface area contributed by atoms with Crippen molar-refractivity contribution in [1.82, 2.24) is 5.32 Å². The van der Waals surface area contributed by atoms with Crippen LogP contribution in [-0.4, -0.2) is 6.54 Å². The van der Waals surface area contributed by atoms with E-state index in [0.717, 1.165) is 19.4 Å². The third-order valence-corrected chi connectivity index (χ3v) is 3.07. The van der Waals surface area contributed by atoms with Gasteiger partial charge in [0.15, 0.2) is 0 Å². The van der Waals surface area contributed by atoms with Gasteiger partial charge in [0, 0.05) is 16.6 Å². The molecule has 1 N–H and O–H groups in total. The zero-order chi connectivity index (χ0) is 10.8. The minimum Gasteiger partial charge on any atom is -0.310 e. The highest BCUT2D eigenvalue weighted by Crippen LogP contribution is 2.35. The summed E-state index contributed by atoms with van der Waals surface area (Å²) in [7, 11) is 0. The van der Waals surface area contributed by atoms with E-state index in [9.17, 15) is 8.78 Å². The van der Waals surface area contributed by atoms with E-state index in [1.54, 1.807) is 12.1 Å². The molecule has 0 radical (unpaired) electrons. The Balaban J connectivity index is 2.40. The average Bonchev–Trinajstić information content (AvgIpc) is 2.69. The largest absolute Gasteiger partial charge is 0.310 e. The van der Waals surface area contributed by atoms with Gasteiger partial charge in [-0.1, -0.05) is 23.7 Å². The predicted octanol–water partition coefficient (Wildman–Crippen LogP) is 3.70. The summed E-state index contributed by atoms with van der Waals surface area (Å²) in [6, 6.07) is 5.01. The van der Waals surface area contributed by atoms with Gasteiger partial charge in [-0.25, -0.2) is 8.78 Å². The van der Waals surface area contributed by atoms with Crippen molar-refractivity contribution in [3.63, 3.8) is 0 Å². The van der Waals surface area contributed by atoms with E-state index in [4.69, 9.17) is 11.6 Å². The zero-order valence-electron chi connectivity index (χ0n) is 8.14. The zero-order valence-corrected chi connectivity index (χ0v) is 8.90. The molecule has 2 rings (SSSR count). The monoisotopic (exact) mass is 231 g/mol. The number of nitrogens with one attached hydrogen (secondary N) is 1. The quantitative estimate of drug-likeness (QED) is 0.818. The lowest BCUT2D eigenvalue weighted by Crippen LogP contribution is -2.15. The second kappa shape index (κ2) is 4.45. The number of benzene rings is 1. The first-order valence-corrected chi connectivity index (χ1v) is 5.38. The molecule has 82 valence electrons. The van der Waals surface area contributed by atoms with Gasteiger partial charge in [0.25, 0.3) is 6.43 Å². The lowest BCUT2D eigenvalue weighted by Gasteiger charge is -2.16. The van der Waals surface area contributed by atoms with E-state index >= 15 is 0 Å². The molecule has 1 aliphatic heterocycles. The van der Waals surface area contributed by atoms with Crippen LogP contribution in [0.1, 0.15) is 36.4 Å². The molecule has 1 nitrogen and oxygen atoms in total. The Hall–Kier alpha value is -0.670. The van der Waals surface area contributed by atoms with Crippen LogP contribution in [0.5, 0.6) is 0 Å². The minimum atomic E-state index is -2.50. The van der Waals surface area contributed by atoms with Crippen molar-refractivity contribution >= 4 is 11.6 Å². The first-order valence-electron chi connectivity index (χ1n) is 5.00. The van der Waals surface area contributed by atoms with E-state index in [2.05, 4.69) is 5.32 Å². The van der Waals surface area contributed by atoms with Crippen molar-refractivity contribution in [3.05, 3.63) is 34.3 Å². The molecule has 0 saturated carbocycles. The summed E-state index contributed by atoms with van der Waals surface area (Å²) in [6.45, 7) is 0.889. The molecule has 0 spiro atoms. The number of hydrogen-bond acceptors (Lipinski definition) is 1. The predicted molar refractivity (Wildman–Crippen MR) is 56.4 cm³/mol. The van der Waals surface area contributed by atoms with Crippen molar-refractivity contribution in [2.45, 2.75) is 25.3 Å². The molecule has 1 aliphatic rings. The van der Waals surface area contributed by atoms with Crippen LogP contribution < -0.4 is 5.32 Å². The third kappa shape index (κ3) is 2.13. The van der Waals surface area contributed by atoms with E-state index in [1.807, 2.05) is 0 Å². The van der Waals surface area contributed by atoms with E-state index in [-0.39, 0.29) is 16.6 Å². The molecule has 1 heterocycles. The number of rotatable bonds is 2. The topological polar surface area (TPSA) is 12.0 Å². The van der Waals surface area contributed by atoms with Gasteiger partial charge >= 0.3 is 0 Å². The van der Waals surface area contributed by atoms with Gasteiger partial charge in [-0.05, 0) is 31.0 Å². The Morgan fingerprint density at radius 2 is 2.20 bits per heavy atom. The third-order valence-electron chi connectivity index (χ3n) is 2.74. The maximum atomic E-state index is 12.8. The fourth-order valence-electron chi connectivity index (χ4n) is 2.04. The number of alkyl halides is 2. The number of halogens is 3. The Bertz CT molecular complexity index is 348. The molecule has 1 aromatic carbocycles. The molecular weight excluding hydrogens is 220 g/mol. The van der Waals surface area contributed by atoms with Gasteiger partial charge in [-0.3, -0.25) is 0 Å². The van der Waals surface area contributed by atoms with Crippen LogP contribution in [0.15, 0.2) is 18.2 Å². The van der Waals surface area contributed by atoms with Crippen LogP contribution in [0.3, 0.4) is 0 Å². The molecule has 4 heteroatoms. The molecule has 0 aliphatic carbocycles. The molecule has 0 bridgehead atoms. The van der Waals surface area contributed by atoms with Crippen LogP contribution in [0.2, 0.25) is 5.02 Å². The van der Waals surface area contributed by atoms with Crippen LogP contribution in [0.4, 0.5) is 8.78 Å². The Kier molecular flexibility index (Phi) is 3.22. The number of hydrogen-bond donors (Lipinski definition) is 1. The van der Waals surface area contributed by atoms with Crippen molar-refractivity contribution in [2.75, 3.05) is 6.54 Å².